The number of aliphatic carboxylic acids is 1. The van der Waals surface area contributed by atoms with Gasteiger partial charge in [-0.3, -0.25) is 14.4 Å². The van der Waals surface area contributed by atoms with E-state index in [4.69, 9.17) is 11.6 Å². The number of carbonyl (C=O) groups is 1. The molecule has 0 spiro atoms. The molecular weight excluding hydrogens is 266 g/mol. The Morgan fingerprint density at radius 2 is 2.26 bits per heavy atom. The number of hydrogen-bond acceptors (Lipinski definition) is 3. The van der Waals surface area contributed by atoms with Crippen LogP contribution in [-0.2, 0) is 24.3 Å². The maximum Gasteiger partial charge on any atom is 0.320 e. The molecular formula is C13H20ClN3O2. The molecule has 1 atom stereocenters. The number of likely N-dealkylation sites (tertiary alicyclic amines) is 1. The van der Waals surface area contributed by atoms with Gasteiger partial charge in [0, 0.05) is 13.1 Å². The van der Waals surface area contributed by atoms with E-state index in [9.17, 15) is 9.90 Å². The highest BCUT2D eigenvalue weighted by Gasteiger charge is 2.31. The predicted octanol–water partition coefficient (Wildman–Crippen LogP) is 2.17. The van der Waals surface area contributed by atoms with Crippen LogP contribution >= 0.6 is 11.6 Å². The molecule has 1 aromatic rings. The van der Waals surface area contributed by atoms with Gasteiger partial charge in [-0.1, -0.05) is 18.5 Å². The molecule has 0 amide bonds. The Labute approximate surface area is 118 Å². The van der Waals surface area contributed by atoms with Gasteiger partial charge < -0.3 is 5.11 Å². The van der Waals surface area contributed by atoms with Crippen LogP contribution in [0.2, 0.25) is 5.02 Å². The van der Waals surface area contributed by atoms with Crippen molar-refractivity contribution in [2.75, 3.05) is 6.54 Å². The van der Waals surface area contributed by atoms with Crippen LogP contribution in [0.1, 0.15) is 38.1 Å². The first kappa shape index (κ1) is 14.3. The van der Waals surface area contributed by atoms with Crippen LogP contribution < -0.4 is 0 Å². The highest BCUT2D eigenvalue weighted by atomic mass is 35.5. The van der Waals surface area contributed by atoms with Crippen LogP contribution in [0, 0.1) is 0 Å². The van der Waals surface area contributed by atoms with Crippen molar-refractivity contribution in [2.45, 2.75) is 52.2 Å². The van der Waals surface area contributed by atoms with Crippen molar-refractivity contribution in [3.05, 3.63) is 16.4 Å². The Morgan fingerprint density at radius 3 is 2.84 bits per heavy atom. The van der Waals surface area contributed by atoms with Crippen LogP contribution in [0.25, 0.3) is 0 Å². The minimum atomic E-state index is -0.744. The van der Waals surface area contributed by atoms with E-state index in [1.807, 2.05) is 23.4 Å². The average molecular weight is 286 g/mol. The highest BCUT2D eigenvalue weighted by Crippen LogP contribution is 2.26. The minimum Gasteiger partial charge on any atom is -0.480 e. The Bertz CT molecular complexity index is 473. The summed E-state index contributed by atoms with van der Waals surface area (Å²) in [6, 6.07) is -0.388. The Morgan fingerprint density at radius 1 is 1.53 bits per heavy atom. The van der Waals surface area contributed by atoms with Crippen molar-refractivity contribution >= 4 is 17.6 Å². The third kappa shape index (κ3) is 2.77. The molecule has 2 heterocycles. The summed E-state index contributed by atoms with van der Waals surface area (Å²) in [6.45, 7) is 6.17. The van der Waals surface area contributed by atoms with Gasteiger partial charge in [0.15, 0.2) is 0 Å². The molecule has 6 heteroatoms. The molecule has 2 rings (SSSR count). The van der Waals surface area contributed by atoms with Gasteiger partial charge in [0.1, 0.15) is 6.04 Å². The Kier molecular flexibility index (Phi) is 4.47. The predicted molar refractivity (Wildman–Crippen MR) is 73.4 cm³/mol. The summed E-state index contributed by atoms with van der Waals surface area (Å²) >= 11 is 6.36. The van der Waals surface area contributed by atoms with Gasteiger partial charge in [0.05, 0.1) is 16.4 Å². The fourth-order valence-corrected chi connectivity index (χ4v) is 2.98. The van der Waals surface area contributed by atoms with Crippen LogP contribution in [-0.4, -0.2) is 38.3 Å². The zero-order valence-corrected chi connectivity index (χ0v) is 12.2. The first-order valence-corrected chi connectivity index (χ1v) is 7.17. The Hall–Kier alpha value is -1.07. The second-order valence-electron chi connectivity index (χ2n) is 4.84. The van der Waals surface area contributed by atoms with E-state index in [2.05, 4.69) is 5.10 Å². The smallest absolute Gasteiger partial charge is 0.320 e. The molecule has 106 valence electrons. The molecule has 19 heavy (non-hydrogen) atoms. The number of hydrogen-bond donors (Lipinski definition) is 1. The number of carboxylic acids is 1. The lowest BCUT2D eigenvalue weighted by molar-refractivity contribution is -0.142. The maximum absolute atomic E-state index is 11.2. The monoisotopic (exact) mass is 285 g/mol. The number of rotatable bonds is 5. The van der Waals surface area contributed by atoms with Gasteiger partial charge in [-0.05, 0) is 32.7 Å². The SMILES string of the molecule is CCc1nn(CC)c(CN2CCCC2C(=O)O)c1Cl. The Balaban J connectivity index is 2.23. The first-order chi connectivity index (χ1) is 9.08. The topological polar surface area (TPSA) is 58.4 Å². The molecule has 1 saturated heterocycles. The van der Waals surface area contributed by atoms with E-state index in [0.29, 0.717) is 18.0 Å². The number of halogens is 1. The lowest BCUT2D eigenvalue weighted by Gasteiger charge is -2.21. The molecule has 1 unspecified atom stereocenters. The molecule has 0 aliphatic carbocycles. The van der Waals surface area contributed by atoms with Gasteiger partial charge >= 0.3 is 5.97 Å². The fraction of sp³-hybridized carbons (Fsp3) is 0.692. The van der Waals surface area contributed by atoms with Crippen molar-refractivity contribution in [1.29, 1.82) is 0 Å². The molecule has 0 bridgehead atoms. The molecule has 1 N–H and O–H groups in total. The first-order valence-electron chi connectivity index (χ1n) is 6.79. The number of nitrogens with zero attached hydrogens (tertiary/aromatic N) is 3. The molecule has 1 aliphatic heterocycles. The minimum absolute atomic E-state index is 0.388. The third-order valence-corrected chi connectivity index (χ3v) is 4.13. The van der Waals surface area contributed by atoms with Crippen molar-refractivity contribution in [2.24, 2.45) is 0 Å². The summed E-state index contributed by atoms with van der Waals surface area (Å²) < 4.78 is 1.89. The van der Waals surface area contributed by atoms with Crippen molar-refractivity contribution < 1.29 is 9.90 Å². The van der Waals surface area contributed by atoms with E-state index in [-0.39, 0.29) is 6.04 Å². The largest absolute Gasteiger partial charge is 0.480 e. The molecule has 1 aromatic heterocycles. The standard InChI is InChI=1S/C13H20ClN3O2/c1-3-9-12(14)11(17(4-2)15-9)8-16-7-5-6-10(16)13(18)19/h10H,3-8H2,1-2H3,(H,18,19). The lowest BCUT2D eigenvalue weighted by atomic mass is 10.2. The van der Waals surface area contributed by atoms with Gasteiger partial charge in [0.25, 0.3) is 0 Å². The summed E-state index contributed by atoms with van der Waals surface area (Å²) in [4.78, 5) is 13.2. The third-order valence-electron chi connectivity index (χ3n) is 3.70. The zero-order valence-electron chi connectivity index (χ0n) is 11.4. The number of aryl methyl sites for hydroxylation is 2. The zero-order chi connectivity index (χ0) is 14.0. The van der Waals surface area contributed by atoms with Gasteiger partial charge in [-0.15, -0.1) is 0 Å². The quantitative estimate of drug-likeness (QED) is 0.901. The summed E-state index contributed by atoms with van der Waals surface area (Å²) in [7, 11) is 0. The van der Waals surface area contributed by atoms with Crippen LogP contribution in [0.3, 0.4) is 0 Å². The van der Waals surface area contributed by atoms with Crippen LogP contribution in [0.5, 0.6) is 0 Å². The van der Waals surface area contributed by atoms with Crippen molar-refractivity contribution in [1.82, 2.24) is 14.7 Å². The van der Waals surface area contributed by atoms with Gasteiger partial charge in [0.2, 0.25) is 0 Å². The fourth-order valence-electron chi connectivity index (χ4n) is 2.66. The molecule has 5 nitrogen and oxygen atoms in total. The lowest BCUT2D eigenvalue weighted by Crippen LogP contribution is -2.36. The maximum atomic E-state index is 11.2. The second kappa shape index (κ2) is 5.92. The normalized spacial score (nSPS) is 20.1. The summed E-state index contributed by atoms with van der Waals surface area (Å²) in [6.07, 6.45) is 2.44. The van der Waals surface area contributed by atoms with E-state index in [0.717, 1.165) is 37.3 Å². The van der Waals surface area contributed by atoms with Gasteiger partial charge in [-0.25, -0.2) is 0 Å². The molecule has 0 saturated carbocycles. The molecule has 0 radical (unpaired) electrons. The molecule has 0 aromatic carbocycles. The van der Waals surface area contributed by atoms with Crippen LogP contribution in [0.4, 0.5) is 0 Å². The van der Waals surface area contributed by atoms with Crippen LogP contribution in [0.15, 0.2) is 0 Å². The molecule has 1 fully saturated rings. The molecule has 1 aliphatic rings. The second-order valence-corrected chi connectivity index (χ2v) is 5.22. The highest BCUT2D eigenvalue weighted by molar-refractivity contribution is 6.31. The summed E-state index contributed by atoms with van der Waals surface area (Å²) in [5.41, 5.74) is 1.83. The van der Waals surface area contributed by atoms with E-state index in [1.54, 1.807) is 0 Å². The van der Waals surface area contributed by atoms with E-state index < -0.39 is 5.97 Å². The average Bonchev–Trinajstić information content (AvgIpc) is 2.96. The summed E-state index contributed by atoms with van der Waals surface area (Å²) in [5, 5.41) is 14.4. The number of carboxylic acid groups (broad SMARTS) is 1. The van der Waals surface area contributed by atoms with Gasteiger partial charge in [-0.2, -0.15) is 5.10 Å². The van der Waals surface area contributed by atoms with E-state index in [1.165, 1.54) is 0 Å². The summed E-state index contributed by atoms with van der Waals surface area (Å²) in [5.74, 6) is -0.744. The number of aromatic nitrogens is 2. The van der Waals surface area contributed by atoms with Crippen molar-refractivity contribution in [3.8, 4) is 0 Å². The van der Waals surface area contributed by atoms with Crippen molar-refractivity contribution in [3.63, 3.8) is 0 Å². The van der Waals surface area contributed by atoms with E-state index >= 15 is 0 Å².